The Morgan fingerprint density at radius 3 is 2.74 bits per heavy atom. The Morgan fingerprint density at radius 2 is 1.95 bits per heavy atom. The number of rotatable bonds is 3. The number of piperidine rings is 1. The van der Waals surface area contributed by atoms with Crippen molar-refractivity contribution >= 4 is 0 Å². The van der Waals surface area contributed by atoms with Crippen molar-refractivity contribution in [3.05, 3.63) is 42.5 Å². The maximum Gasteiger partial charge on any atom is 0.160 e. The van der Waals surface area contributed by atoms with Crippen LogP contribution in [0.25, 0.3) is 11.4 Å². The first-order chi connectivity index (χ1) is 9.42. The molecule has 3 rings (SSSR count). The second-order valence-corrected chi connectivity index (χ2v) is 4.95. The molecule has 4 heteroatoms. The van der Waals surface area contributed by atoms with Crippen LogP contribution in [-0.4, -0.2) is 32.9 Å². The fraction of sp³-hybridized carbons (Fsp3) is 0.400. The van der Waals surface area contributed by atoms with Gasteiger partial charge in [0.1, 0.15) is 0 Å². The number of likely N-dealkylation sites (tertiary alicyclic amines) is 1. The highest BCUT2D eigenvalue weighted by molar-refractivity contribution is 5.52. The van der Waals surface area contributed by atoms with E-state index in [1.807, 2.05) is 24.4 Å². The quantitative estimate of drug-likeness (QED) is 0.844. The zero-order chi connectivity index (χ0) is 12.9. The molecule has 0 aliphatic carbocycles. The van der Waals surface area contributed by atoms with Gasteiger partial charge in [0, 0.05) is 30.7 Å². The zero-order valence-electron chi connectivity index (χ0n) is 11.0. The largest absolute Gasteiger partial charge is 0.298 e. The van der Waals surface area contributed by atoms with Gasteiger partial charge >= 0.3 is 0 Å². The molecule has 0 N–H and O–H groups in total. The average molecular weight is 254 g/mol. The van der Waals surface area contributed by atoms with E-state index in [2.05, 4.69) is 19.9 Å². The van der Waals surface area contributed by atoms with E-state index < -0.39 is 0 Å². The van der Waals surface area contributed by atoms with Crippen molar-refractivity contribution < 1.29 is 0 Å². The summed E-state index contributed by atoms with van der Waals surface area (Å²) >= 11 is 0. The van der Waals surface area contributed by atoms with Crippen molar-refractivity contribution in [2.24, 2.45) is 0 Å². The van der Waals surface area contributed by atoms with Crippen LogP contribution in [0.1, 0.15) is 25.0 Å². The number of aromatic nitrogens is 3. The molecule has 0 amide bonds. The van der Waals surface area contributed by atoms with Gasteiger partial charge in [-0.05, 0) is 44.1 Å². The van der Waals surface area contributed by atoms with Crippen molar-refractivity contribution in [3.63, 3.8) is 0 Å². The third-order valence-electron chi connectivity index (χ3n) is 3.47. The summed E-state index contributed by atoms with van der Waals surface area (Å²) in [7, 11) is 0. The van der Waals surface area contributed by atoms with Crippen LogP contribution >= 0.6 is 0 Å². The van der Waals surface area contributed by atoms with E-state index >= 15 is 0 Å². The molecule has 1 aliphatic heterocycles. The fourth-order valence-electron chi connectivity index (χ4n) is 2.46. The Morgan fingerprint density at radius 1 is 1.05 bits per heavy atom. The lowest BCUT2D eigenvalue weighted by Crippen LogP contribution is -2.29. The van der Waals surface area contributed by atoms with Gasteiger partial charge in [0.2, 0.25) is 0 Å². The molecule has 1 saturated heterocycles. The van der Waals surface area contributed by atoms with Gasteiger partial charge in [-0.25, -0.2) is 9.97 Å². The summed E-state index contributed by atoms with van der Waals surface area (Å²) in [6, 6.07) is 5.91. The molecule has 2 aromatic rings. The van der Waals surface area contributed by atoms with Gasteiger partial charge < -0.3 is 0 Å². The Hall–Kier alpha value is -1.81. The normalized spacial score (nSPS) is 16.4. The molecule has 0 aromatic carbocycles. The van der Waals surface area contributed by atoms with Crippen LogP contribution in [-0.2, 0) is 6.54 Å². The first-order valence-corrected chi connectivity index (χ1v) is 6.86. The second kappa shape index (κ2) is 5.89. The van der Waals surface area contributed by atoms with Crippen LogP contribution in [0.4, 0.5) is 0 Å². The molecule has 98 valence electrons. The minimum Gasteiger partial charge on any atom is -0.298 e. The summed E-state index contributed by atoms with van der Waals surface area (Å²) in [4.78, 5) is 15.6. The van der Waals surface area contributed by atoms with Crippen molar-refractivity contribution in [2.75, 3.05) is 13.1 Å². The summed E-state index contributed by atoms with van der Waals surface area (Å²) in [6.45, 7) is 3.30. The second-order valence-electron chi connectivity index (χ2n) is 4.95. The summed E-state index contributed by atoms with van der Waals surface area (Å²) < 4.78 is 0. The molecular weight excluding hydrogens is 236 g/mol. The molecule has 1 fully saturated rings. The van der Waals surface area contributed by atoms with E-state index in [1.54, 1.807) is 12.4 Å². The lowest BCUT2D eigenvalue weighted by Gasteiger charge is -2.25. The standard InChI is InChI=1S/C15H18N4/c1-2-9-19(10-3-1)12-14-6-8-17-15(18-14)13-5-4-7-16-11-13/h4-8,11H,1-3,9-10,12H2. The van der Waals surface area contributed by atoms with Gasteiger partial charge in [-0.2, -0.15) is 0 Å². The molecule has 2 aromatic heterocycles. The van der Waals surface area contributed by atoms with Crippen LogP contribution in [0.15, 0.2) is 36.8 Å². The van der Waals surface area contributed by atoms with Crippen molar-refractivity contribution in [2.45, 2.75) is 25.8 Å². The third kappa shape index (κ3) is 3.15. The molecule has 19 heavy (non-hydrogen) atoms. The Bertz CT molecular complexity index is 521. The number of pyridine rings is 1. The smallest absolute Gasteiger partial charge is 0.160 e. The predicted octanol–water partition coefficient (Wildman–Crippen LogP) is 2.52. The molecule has 0 spiro atoms. The molecule has 0 unspecified atom stereocenters. The first-order valence-electron chi connectivity index (χ1n) is 6.86. The molecule has 0 radical (unpaired) electrons. The average Bonchev–Trinajstić information content (AvgIpc) is 2.49. The predicted molar refractivity (Wildman–Crippen MR) is 74.4 cm³/mol. The summed E-state index contributed by atoms with van der Waals surface area (Å²) in [6.07, 6.45) is 9.39. The first kappa shape index (κ1) is 12.2. The summed E-state index contributed by atoms with van der Waals surface area (Å²) in [5, 5.41) is 0. The van der Waals surface area contributed by atoms with Crippen molar-refractivity contribution in [3.8, 4) is 11.4 Å². The lowest BCUT2D eigenvalue weighted by molar-refractivity contribution is 0.218. The van der Waals surface area contributed by atoms with E-state index in [9.17, 15) is 0 Å². The van der Waals surface area contributed by atoms with Gasteiger partial charge in [0.25, 0.3) is 0 Å². The summed E-state index contributed by atoms with van der Waals surface area (Å²) in [5.41, 5.74) is 2.07. The van der Waals surface area contributed by atoms with E-state index in [1.165, 1.54) is 32.4 Å². The van der Waals surface area contributed by atoms with Gasteiger partial charge in [0.15, 0.2) is 5.82 Å². The van der Waals surface area contributed by atoms with Crippen molar-refractivity contribution in [1.82, 2.24) is 19.9 Å². The minimum atomic E-state index is 0.766. The van der Waals surface area contributed by atoms with Crippen LogP contribution in [0.3, 0.4) is 0 Å². The van der Waals surface area contributed by atoms with Crippen LogP contribution in [0.2, 0.25) is 0 Å². The maximum atomic E-state index is 4.64. The number of nitrogens with zero attached hydrogens (tertiary/aromatic N) is 4. The van der Waals surface area contributed by atoms with Gasteiger partial charge in [-0.3, -0.25) is 9.88 Å². The van der Waals surface area contributed by atoms with Crippen LogP contribution < -0.4 is 0 Å². The van der Waals surface area contributed by atoms with Gasteiger partial charge in [-0.1, -0.05) is 6.42 Å². The van der Waals surface area contributed by atoms with Gasteiger partial charge in [0.05, 0.1) is 5.69 Å². The van der Waals surface area contributed by atoms with E-state index in [0.29, 0.717) is 0 Å². The topological polar surface area (TPSA) is 41.9 Å². The van der Waals surface area contributed by atoms with Crippen LogP contribution in [0.5, 0.6) is 0 Å². The van der Waals surface area contributed by atoms with E-state index in [-0.39, 0.29) is 0 Å². The molecule has 0 bridgehead atoms. The molecule has 1 aliphatic rings. The fourth-order valence-corrected chi connectivity index (χ4v) is 2.46. The molecule has 4 nitrogen and oxygen atoms in total. The van der Waals surface area contributed by atoms with E-state index in [0.717, 1.165) is 23.6 Å². The highest BCUT2D eigenvalue weighted by Gasteiger charge is 2.11. The molecule has 0 saturated carbocycles. The zero-order valence-corrected chi connectivity index (χ0v) is 11.0. The lowest BCUT2D eigenvalue weighted by atomic mass is 10.1. The molecule has 3 heterocycles. The molecule has 0 atom stereocenters. The van der Waals surface area contributed by atoms with Gasteiger partial charge in [-0.15, -0.1) is 0 Å². The monoisotopic (exact) mass is 254 g/mol. The Balaban J connectivity index is 1.76. The van der Waals surface area contributed by atoms with Crippen molar-refractivity contribution in [1.29, 1.82) is 0 Å². The Labute approximate surface area is 113 Å². The molecular formula is C15H18N4. The Kier molecular flexibility index (Phi) is 3.79. The number of hydrogen-bond donors (Lipinski definition) is 0. The minimum absolute atomic E-state index is 0.766. The highest BCUT2D eigenvalue weighted by Crippen LogP contribution is 2.15. The number of hydrogen-bond acceptors (Lipinski definition) is 4. The van der Waals surface area contributed by atoms with E-state index in [4.69, 9.17) is 0 Å². The third-order valence-corrected chi connectivity index (χ3v) is 3.47. The maximum absolute atomic E-state index is 4.64. The SMILES string of the molecule is c1cncc(-c2nccc(CN3CCCCC3)n2)c1. The van der Waals surface area contributed by atoms with Crippen LogP contribution in [0, 0.1) is 0 Å². The highest BCUT2D eigenvalue weighted by atomic mass is 15.1. The summed E-state index contributed by atoms with van der Waals surface area (Å²) in [5.74, 6) is 0.766.